The van der Waals surface area contributed by atoms with Crippen LogP contribution in [-0.4, -0.2) is 26.7 Å². The molecule has 0 saturated heterocycles. The van der Waals surface area contributed by atoms with Gasteiger partial charge in [0, 0.05) is 25.1 Å². The van der Waals surface area contributed by atoms with Crippen LogP contribution >= 0.6 is 0 Å². The standard InChI is InChI=1S/C17H20F3N3O2/c1-11(2)12-4-6-13(7-5-12)22-14(24)10-16(25,17(18,19)20)15-21-8-9-23(15)3/h4-9,11,25H,10H2,1-3H3,(H,22,24)/t16-/m0/s1. The number of anilines is 1. The smallest absolute Gasteiger partial charge is 0.374 e. The summed E-state index contributed by atoms with van der Waals surface area (Å²) < 4.78 is 41.3. The Morgan fingerprint density at radius 2 is 1.88 bits per heavy atom. The third kappa shape index (κ3) is 4.01. The molecule has 5 nitrogen and oxygen atoms in total. The molecular formula is C17H20F3N3O2. The van der Waals surface area contributed by atoms with Crippen molar-refractivity contribution in [3.8, 4) is 0 Å². The minimum Gasteiger partial charge on any atom is -0.374 e. The highest BCUT2D eigenvalue weighted by Gasteiger charge is 2.58. The van der Waals surface area contributed by atoms with Crippen molar-refractivity contribution in [2.45, 2.75) is 38.0 Å². The van der Waals surface area contributed by atoms with E-state index in [9.17, 15) is 23.1 Å². The Hall–Kier alpha value is -2.35. The molecule has 25 heavy (non-hydrogen) atoms. The molecule has 0 unspecified atom stereocenters. The van der Waals surface area contributed by atoms with Crippen molar-refractivity contribution in [2.24, 2.45) is 7.05 Å². The van der Waals surface area contributed by atoms with Gasteiger partial charge in [0.15, 0.2) is 5.82 Å². The number of alkyl halides is 3. The highest BCUT2D eigenvalue weighted by atomic mass is 19.4. The maximum Gasteiger partial charge on any atom is 0.425 e. The first kappa shape index (κ1) is 19.0. The van der Waals surface area contributed by atoms with E-state index in [1.165, 1.54) is 13.2 Å². The Labute approximate surface area is 143 Å². The zero-order chi connectivity index (χ0) is 18.8. The summed E-state index contributed by atoms with van der Waals surface area (Å²) in [7, 11) is 1.32. The lowest BCUT2D eigenvalue weighted by Gasteiger charge is -2.29. The second-order valence-corrected chi connectivity index (χ2v) is 6.22. The van der Waals surface area contributed by atoms with Crippen LogP contribution in [0.4, 0.5) is 18.9 Å². The Morgan fingerprint density at radius 3 is 2.32 bits per heavy atom. The predicted octanol–water partition coefficient (Wildman–Crippen LogP) is 3.32. The number of aryl methyl sites for hydroxylation is 1. The number of halogens is 3. The summed E-state index contributed by atoms with van der Waals surface area (Å²) >= 11 is 0. The summed E-state index contributed by atoms with van der Waals surface area (Å²) in [5, 5.41) is 12.6. The maximum atomic E-state index is 13.4. The van der Waals surface area contributed by atoms with Crippen LogP contribution in [-0.2, 0) is 17.4 Å². The predicted molar refractivity (Wildman–Crippen MR) is 86.9 cm³/mol. The lowest BCUT2D eigenvalue weighted by atomic mass is 9.97. The van der Waals surface area contributed by atoms with Crippen molar-refractivity contribution in [1.29, 1.82) is 0 Å². The van der Waals surface area contributed by atoms with Crippen LogP contribution in [0.3, 0.4) is 0 Å². The number of aliphatic hydroxyl groups is 1. The number of carbonyl (C=O) groups excluding carboxylic acids is 1. The Kier molecular flexibility index (Phi) is 5.22. The quantitative estimate of drug-likeness (QED) is 0.865. The van der Waals surface area contributed by atoms with Crippen LogP contribution in [0.1, 0.15) is 37.6 Å². The fourth-order valence-electron chi connectivity index (χ4n) is 2.46. The summed E-state index contributed by atoms with van der Waals surface area (Å²) in [4.78, 5) is 15.7. The molecule has 2 aromatic rings. The van der Waals surface area contributed by atoms with E-state index in [1.54, 1.807) is 24.3 Å². The fraction of sp³-hybridized carbons (Fsp3) is 0.412. The monoisotopic (exact) mass is 355 g/mol. The Balaban J connectivity index is 2.19. The molecule has 1 atom stereocenters. The molecule has 1 amide bonds. The summed E-state index contributed by atoms with van der Waals surface area (Å²) in [5.74, 6) is -1.30. The number of hydrogen-bond acceptors (Lipinski definition) is 3. The van der Waals surface area contributed by atoms with Crippen molar-refractivity contribution in [2.75, 3.05) is 5.32 Å². The van der Waals surface area contributed by atoms with Gasteiger partial charge in [-0.1, -0.05) is 26.0 Å². The van der Waals surface area contributed by atoms with E-state index in [0.717, 1.165) is 16.3 Å². The number of nitrogens with one attached hydrogen (secondary N) is 1. The van der Waals surface area contributed by atoms with Crippen LogP contribution in [0.5, 0.6) is 0 Å². The number of aromatic nitrogens is 2. The van der Waals surface area contributed by atoms with Crippen LogP contribution in [0.25, 0.3) is 0 Å². The third-order valence-electron chi connectivity index (χ3n) is 3.94. The molecule has 1 heterocycles. The van der Waals surface area contributed by atoms with Crippen LogP contribution in [0.15, 0.2) is 36.7 Å². The van der Waals surface area contributed by atoms with Crippen molar-refractivity contribution >= 4 is 11.6 Å². The second-order valence-electron chi connectivity index (χ2n) is 6.22. The molecule has 0 radical (unpaired) electrons. The Bertz CT molecular complexity index is 738. The number of imidazole rings is 1. The van der Waals surface area contributed by atoms with E-state index < -0.39 is 29.9 Å². The minimum absolute atomic E-state index is 0.295. The molecule has 0 fully saturated rings. The Morgan fingerprint density at radius 1 is 1.28 bits per heavy atom. The molecule has 0 bridgehead atoms. The van der Waals surface area contributed by atoms with Crippen LogP contribution in [0.2, 0.25) is 0 Å². The van der Waals surface area contributed by atoms with Gasteiger partial charge in [0.25, 0.3) is 0 Å². The maximum absolute atomic E-state index is 13.4. The molecule has 136 valence electrons. The lowest BCUT2D eigenvalue weighted by molar-refractivity contribution is -0.270. The highest BCUT2D eigenvalue weighted by Crippen LogP contribution is 2.40. The number of benzene rings is 1. The van der Waals surface area contributed by atoms with Crippen molar-refractivity contribution < 1.29 is 23.1 Å². The SMILES string of the molecule is CC(C)c1ccc(NC(=O)C[C@](O)(c2nccn2C)C(F)(F)F)cc1. The molecule has 1 aromatic carbocycles. The molecule has 2 rings (SSSR count). The fourth-order valence-corrected chi connectivity index (χ4v) is 2.46. The molecule has 0 saturated carbocycles. The lowest BCUT2D eigenvalue weighted by Crippen LogP contribution is -2.46. The normalized spacial score (nSPS) is 14.4. The van der Waals surface area contributed by atoms with E-state index in [-0.39, 0.29) is 0 Å². The van der Waals surface area contributed by atoms with Crippen molar-refractivity contribution in [3.63, 3.8) is 0 Å². The molecular weight excluding hydrogens is 335 g/mol. The molecule has 2 N–H and O–H groups in total. The van der Waals surface area contributed by atoms with Gasteiger partial charge in [-0.25, -0.2) is 4.98 Å². The third-order valence-corrected chi connectivity index (χ3v) is 3.94. The van der Waals surface area contributed by atoms with Gasteiger partial charge in [-0.3, -0.25) is 4.79 Å². The second kappa shape index (κ2) is 6.87. The molecule has 0 aliphatic carbocycles. The average Bonchev–Trinajstić information content (AvgIpc) is 2.93. The number of nitrogens with zero attached hydrogens (tertiary/aromatic N) is 2. The van der Waals surface area contributed by atoms with E-state index in [2.05, 4.69) is 10.3 Å². The highest BCUT2D eigenvalue weighted by molar-refractivity contribution is 5.91. The van der Waals surface area contributed by atoms with Crippen molar-refractivity contribution in [1.82, 2.24) is 9.55 Å². The van der Waals surface area contributed by atoms with Gasteiger partial charge in [0.05, 0.1) is 6.42 Å². The van der Waals surface area contributed by atoms with Gasteiger partial charge in [-0.2, -0.15) is 13.2 Å². The summed E-state index contributed by atoms with van der Waals surface area (Å²) in [6, 6.07) is 6.80. The van der Waals surface area contributed by atoms with E-state index >= 15 is 0 Å². The van der Waals surface area contributed by atoms with Crippen LogP contribution < -0.4 is 5.32 Å². The first-order valence-electron chi connectivity index (χ1n) is 7.71. The first-order valence-corrected chi connectivity index (χ1v) is 7.71. The molecule has 0 aliphatic rings. The first-order chi connectivity index (χ1) is 11.5. The molecule has 0 aliphatic heterocycles. The topological polar surface area (TPSA) is 67.2 Å². The summed E-state index contributed by atoms with van der Waals surface area (Å²) in [6.07, 6.45) is -3.83. The van der Waals surface area contributed by atoms with E-state index in [1.807, 2.05) is 13.8 Å². The van der Waals surface area contributed by atoms with Gasteiger partial charge < -0.3 is 15.0 Å². The number of amides is 1. The van der Waals surface area contributed by atoms with Gasteiger partial charge >= 0.3 is 6.18 Å². The largest absolute Gasteiger partial charge is 0.425 e. The van der Waals surface area contributed by atoms with Crippen LogP contribution in [0, 0.1) is 0 Å². The molecule has 8 heteroatoms. The van der Waals surface area contributed by atoms with Gasteiger partial charge in [-0.05, 0) is 23.6 Å². The van der Waals surface area contributed by atoms with Gasteiger partial charge in [0.1, 0.15) is 0 Å². The summed E-state index contributed by atoms with van der Waals surface area (Å²) in [5.41, 5.74) is -1.97. The zero-order valence-corrected chi connectivity index (χ0v) is 14.1. The molecule has 0 spiro atoms. The average molecular weight is 355 g/mol. The van der Waals surface area contributed by atoms with E-state index in [4.69, 9.17) is 0 Å². The number of hydrogen-bond donors (Lipinski definition) is 2. The van der Waals surface area contributed by atoms with E-state index in [0.29, 0.717) is 11.6 Å². The van der Waals surface area contributed by atoms with Gasteiger partial charge in [-0.15, -0.1) is 0 Å². The van der Waals surface area contributed by atoms with Gasteiger partial charge in [0.2, 0.25) is 11.5 Å². The van der Waals surface area contributed by atoms with Crippen molar-refractivity contribution in [3.05, 3.63) is 48.0 Å². The summed E-state index contributed by atoms with van der Waals surface area (Å²) in [6.45, 7) is 4.01. The minimum atomic E-state index is -5.05. The number of carbonyl (C=O) groups is 1. The molecule has 1 aromatic heterocycles. The number of rotatable bonds is 5. The zero-order valence-electron chi connectivity index (χ0n) is 14.1.